The van der Waals surface area contributed by atoms with Crippen molar-refractivity contribution in [2.75, 3.05) is 20.3 Å². The van der Waals surface area contributed by atoms with E-state index in [9.17, 15) is 0 Å². The molecular weight excluding hydrogens is 262 g/mol. The van der Waals surface area contributed by atoms with E-state index in [0.717, 1.165) is 51.1 Å². The minimum absolute atomic E-state index is 0.523. The monoisotopic (exact) mass is 293 g/mol. The van der Waals surface area contributed by atoms with Gasteiger partial charge < -0.3 is 10.1 Å². The van der Waals surface area contributed by atoms with Gasteiger partial charge >= 0.3 is 0 Å². The van der Waals surface area contributed by atoms with Gasteiger partial charge in [-0.25, -0.2) is 9.97 Å². The van der Waals surface area contributed by atoms with Crippen LogP contribution in [0.5, 0.6) is 0 Å². The molecule has 0 aliphatic heterocycles. The molecule has 0 saturated carbocycles. The number of nitrogens with one attached hydrogen (secondary N) is 1. The minimum Gasteiger partial charge on any atom is -0.385 e. The maximum atomic E-state index is 5.11. The van der Waals surface area contributed by atoms with E-state index in [1.165, 1.54) is 17.0 Å². The van der Waals surface area contributed by atoms with Gasteiger partial charge in [-0.2, -0.15) is 0 Å². The van der Waals surface area contributed by atoms with Crippen molar-refractivity contribution < 1.29 is 4.74 Å². The van der Waals surface area contributed by atoms with Gasteiger partial charge in [-0.1, -0.05) is 27.7 Å². The molecule has 4 nitrogen and oxygen atoms in total. The molecule has 1 aromatic rings. The van der Waals surface area contributed by atoms with Crippen LogP contribution in [0.3, 0.4) is 0 Å². The first kappa shape index (κ1) is 18.1. The molecule has 21 heavy (non-hydrogen) atoms. The van der Waals surface area contributed by atoms with Crippen LogP contribution in [-0.2, 0) is 30.4 Å². The lowest BCUT2D eigenvalue weighted by molar-refractivity contribution is 0.194. The molecule has 1 rings (SSSR count). The molecule has 0 radical (unpaired) electrons. The van der Waals surface area contributed by atoms with Crippen LogP contribution in [0.1, 0.15) is 56.9 Å². The molecule has 4 heteroatoms. The number of hydrogen-bond donors (Lipinski definition) is 1. The number of methoxy groups -OCH3 is 1. The summed E-state index contributed by atoms with van der Waals surface area (Å²) in [4.78, 5) is 9.55. The lowest BCUT2D eigenvalue weighted by Crippen LogP contribution is -2.26. The summed E-state index contributed by atoms with van der Waals surface area (Å²) < 4.78 is 5.11. The first-order chi connectivity index (χ1) is 10.1. The second-order valence-corrected chi connectivity index (χ2v) is 5.67. The Balaban J connectivity index is 2.85. The van der Waals surface area contributed by atoms with Gasteiger partial charge in [0, 0.05) is 37.6 Å². The van der Waals surface area contributed by atoms with Crippen LogP contribution in [0.2, 0.25) is 0 Å². The molecule has 0 atom stereocenters. The molecule has 1 heterocycles. The van der Waals surface area contributed by atoms with Crippen molar-refractivity contribution in [2.45, 2.75) is 65.8 Å². The lowest BCUT2D eigenvalue weighted by Gasteiger charge is -2.15. The number of hydrogen-bond acceptors (Lipinski definition) is 4. The van der Waals surface area contributed by atoms with Crippen LogP contribution in [0.15, 0.2) is 0 Å². The van der Waals surface area contributed by atoms with Crippen molar-refractivity contribution >= 4 is 0 Å². The molecule has 0 spiro atoms. The largest absolute Gasteiger partial charge is 0.385 e. The Hall–Kier alpha value is -1.00. The number of aromatic nitrogens is 2. The van der Waals surface area contributed by atoms with Crippen LogP contribution in [-0.4, -0.2) is 36.3 Å². The fraction of sp³-hybridized carbons (Fsp3) is 0.765. The SMILES string of the molecule is CCc1nc(CCCOC)nc(CC)c1CCNC(C)C. The molecule has 1 aromatic heterocycles. The average molecular weight is 293 g/mol. The van der Waals surface area contributed by atoms with Gasteiger partial charge in [-0.3, -0.25) is 0 Å². The Morgan fingerprint density at radius 1 is 1.05 bits per heavy atom. The van der Waals surface area contributed by atoms with Gasteiger partial charge in [0.25, 0.3) is 0 Å². The molecule has 1 N–H and O–H groups in total. The van der Waals surface area contributed by atoms with E-state index in [1.807, 2.05) is 0 Å². The molecule has 0 saturated heterocycles. The van der Waals surface area contributed by atoms with E-state index in [0.29, 0.717) is 6.04 Å². The van der Waals surface area contributed by atoms with Crippen LogP contribution in [0, 0.1) is 0 Å². The van der Waals surface area contributed by atoms with Gasteiger partial charge in [0.15, 0.2) is 0 Å². The Bertz CT molecular complexity index is 393. The summed E-state index contributed by atoms with van der Waals surface area (Å²) in [6.07, 6.45) is 4.85. The standard InChI is InChI=1S/C17H31N3O/c1-6-15-14(10-11-18-13(3)4)16(7-2)20-17(19-15)9-8-12-21-5/h13,18H,6-12H2,1-5H3. The van der Waals surface area contributed by atoms with E-state index >= 15 is 0 Å². The number of nitrogens with zero attached hydrogens (tertiary/aromatic N) is 2. The van der Waals surface area contributed by atoms with Gasteiger partial charge in [0.2, 0.25) is 0 Å². The summed E-state index contributed by atoms with van der Waals surface area (Å²) >= 11 is 0. The summed E-state index contributed by atoms with van der Waals surface area (Å²) in [7, 11) is 1.74. The normalized spacial score (nSPS) is 11.3. The Labute approximate surface area is 129 Å². The topological polar surface area (TPSA) is 47.0 Å². The summed E-state index contributed by atoms with van der Waals surface area (Å²) in [6.45, 7) is 10.5. The first-order valence-corrected chi connectivity index (χ1v) is 8.22. The van der Waals surface area contributed by atoms with E-state index in [-0.39, 0.29) is 0 Å². The van der Waals surface area contributed by atoms with Gasteiger partial charge in [0.05, 0.1) is 0 Å². The maximum absolute atomic E-state index is 5.11. The average Bonchev–Trinajstić information content (AvgIpc) is 2.47. The van der Waals surface area contributed by atoms with E-state index < -0.39 is 0 Å². The summed E-state index contributed by atoms with van der Waals surface area (Å²) in [6, 6.07) is 0.523. The van der Waals surface area contributed by atoms with Crippen LogP contribution in [0.25, 0.3) is 0 Å². The third-order valence-electron chi connectivity index (χ3n) is 3.57. The quantitative estimate of drug-likeness (QED) is 0.674. The highest BCUT2D eigenvalue weighted by atomic mass is 16.5. The summed E-state index contributed by atoms with van der Waals surface area (Å²) in [5.74, 6) is 0.973. The molecular formula is C17H31N3O. The van der Waals surface area contributed by atoms with Crippen LogP contribution < -0.4 is 5.32 Å². The van der Waals surface area contributed by atoms with E-state index in [4.69, 9.17) is 14.7 Å². The second kappa shape index (κ2) is 9.85. The van der Waals surface area contributed by atoms with Gasteiger partial charge in [0.1, 0.15) is 5.82 Å². The second-order valence-electron chi connectivity index (χ2n) is 5.67. The third kappa shape index (κ3) is 6.10. The molecule has 0 aliphatic rings. The zero-order valence-electron chi connectivity index (χ0n) is 14.3. The maximum Gasteiger partial charge on any atom is 0.128 e. The Morgan fingerprint density at radius 3 is 2.14 bits per heavy atom. The van der Waals surface area contributed by atoms with Gasteiger partial charge in [-0.15, -0.1) is 0 Å². The van der Waals surface area contributed by atoms with Crippen molar-refractivity contribution in [2.24, 2.45) is 0 Å². The number of rotatable bonds is 10. The zero-order chi connectivity index (χ0) is 15.7. The highest BCUT2D eigenvalue weighted by Crippen LogP contribution is 2.15. The third-order valence-corrected chi connectivity index (χ3v) is 3.57. The van der Waals surface area contributed by atoms with Crippen LogP contribution >= 0.6 is 0 Å². The molecule has 0 aromatic carbocycles. The smallest absolute Gasteiger partial charge is 0.128 e. The predicted octanol–water partition coefficient (Wildman–Crippen LogP) is 2.72. The molecule has 0 aliphatic carbocycles. The number of aryl methyl sites for hydroxylation is 3. The fourth-order valence-corrected chi connectivity index (χ4v) is 2.48. The molecule has 120 valence electrons. The molecule has 0 fully saturated rings. The van der Waals surface area contributed by atoms with Crippen molar-refractivity contribution in [3.05, 3.63) is 22.8 Å². The first-order valence-electron chi connectivity index (χ1n) is 8.22. The lowest BCUT2D eigenvalue weighted by atomic mass is 10.0. The summed E-state index contributed by atoms with van der Waals surface area (Å²) in [5.41, 5.74) is 3.79. The Morgan fingerprint density at radius 2 is 1.67 bits per heavy atom. The van der Waals surface area contributed by atoms with E-state index in [2.05, 4.69) is 33.0 Å². The number of ether oxygens (including phenoxy) is 1. The van der Waals surface area contributed by atoms with Crippen molar-refractivity contribution in [3.8, 4) is 0 Å². The molecule has 0 bridgehead atoms. The summed E-state index contributed by atoms with van der Waals surface area (Å²) in [5, 5.41) is 3.48. The highest BCUT2D eigenvalue weighted by molar-refractivity contribution is 5.27. The van der Waals surface area contributed by atoms with E-state index in [1.54, 1.807) is 7.11 Å². The fourth-order valence-electron chi connectivity index (χ4n) is 2.48. The van der Waals surface area contributed by atoms with Crippen LogP contribution in [0.4, 0.5) is 0 Å². The van der Waals surface area contributed by atoms with Gasteiger partial charge in [-0.05, 0) is 37.8 Å². The van der Waals surface area contributed by atoms with Crippen molar-refractivity contribution in [3.63, 3.8) is 0 Å². The predicted molar refractivity (Wildman–Crippen MR) is 87.8 cm³/mol. The highest BCUT2D eigenvalue weighted by Gasteiger charge is 2.12. The molecule has 0 amide bonds. The zero-order valence-corrected chi connectivity index (χ0v) is 14.3. The molecule has 0 unspecified atom stereocenters. The van der Waals surface area contributed by atoms with Crippen molar-refractivity contribution in [1.29, 1.82) is 0 Å². The minimum atomic E-state index is 0.523. The Kier molecular flexibility index (Phi) is 8.47. The van der Waals surface area contributed by atoms with Crippen molar-refractivity contribution in [1.82, 2.24) is 15.3 Å².